The molecule has 8 heteroatoms. The third-order valence-corrected chi connectivity index (χ3v) is 9.63. The molecule has 8 nitrogen and oxygen atoms in total. The number of esters is 1. The van der Waals surface area contributed by atoms with Crippen LogP contribution in [0, 0.1) is 31.6 Å². The topological polar surface area (TPSA) is 96.4 Å². The van der Waals surface area contributed by atoms with Crippen molar-refractivity contribution in [2.45, 2.75) is 83.6 Å². The highest BCUT2D eigenvalue weighted by molar-refractivity contribution is 6.06. The number of aryl methyl sites for hydroxylation is 2. The number of anilines is 1. The lowest BCUT2D eigenvalue weighted by Crippen LogP contribution is -2.60. The third kappa shape index (κ3) is 4.14. The molecule has 216 valence electrons. The van der Waals surface area contributed by atoms with E-state index in [9.17, 15) is 19.5 Å². The normalized spacial score (nSPS) is 34.1. The van der Waals surface area contributed by atoms with Gasteiger partial charge in [0.05, 0.1) is 25.2 Å². The molecule has 1 aromatic rings. The Morgan fingerprint density at radius 2 is 1.77 bits per heavy atom. The van der Waals surface area contributed by atoms with Gasteiger partial charge in [0, 0.05) is 12.2 Å². The molecule has 4 heterocycles. The van der Waals surface area contributed by atoms with Gasteiger partial charge in [0.1, 0.15) is 23.2 Å². The van der Waals surface area contributed by atoms with Gasteiger partial charge >= 0.3 is 5.97 Å². The molecule has 5 rings (SSSR count). The van der Waals surface area contributed by atoms with Crippen molar-refractivity contribution >= 4 is 23.5 Å². The van der Waals surface area contributed by atoms with Crippen LogP contribution in [0.4, 0.5) is 5.69 Å². The Labute approximate surface area is 237 Å². The molecule has 2 saturated heterocycles. The van der Waals surface area contributed by atoms with Gasteiger partial charge in [-0.25, -0.2) is 0 Å². The minimum Gasteiger partial charge on any atom is -0.465 e. The number of aliphatic hydroxyl groups is 1. The summed E-state index contributed by atoms with van der Waals surface area (Å²) in [6, 6.07) is 4.25. The maximum atomic E-state index is 14.8. The number of allylic oxidation sites excluding steroid dienone is 1. The van der Waals surface area contributed by atoms with E-state index in [0.717, 1.165) is 23.2 Å². The summed E-state index contributed by atoms with van der Waals surface area (Å²) in [5, 5.41) is 10.6. The lowest BCUT2D eigenvalue weighted by molar-refractivity contribution is -0.161. The van der Waals surface area contributed by atoms with Gasteiger partial charge in [-0.15, -0.1) is 0 Å². The second-order valence-corrected chi connectivity index (χ2v) is 11.8. The van der Waals surface area contributed by atoms with E-state index in [-0.39, 0.29) is 30.9 Å². The molecule has 1 N–H and O–H groups in total. The average Bonchev–Trinajstić information content (AvgIpc) is 3.32. The number of nitrogens with zero attached hydrogens (tertiary/aromatic N) is 2. The van der Waals surface area contributed by atoms with Crippen molar-refractivity contribution < 1.29 is 29.0 Å². The number of rotatable bonds is 6. The van der Waals surface area contributed by atoms with E-state index in [1.165, 1.54) is 0 Å². The van der Waals surface area contributed by atoms with Crippen molar-refractivity contribution in [1.82, 2.24) is 4.90 Å². The Balaban J connectivity index is 1.73. The number of likely N-dealkylation sites (tertiary alicyclic amines) is 1. The number of fused-ring (bicyclic) bond motifs is 2. The summed E-state index contributed by atoms with van der Waals surface area (Å²) in [6.07, 6.45) is 10.3. The second kappa shape index (κ2) is 10.8. The largest absolute Gasteiger partial charge is 0.465 e. The Kier molecular flexibility index (Phi) is 7.70. The van der Waals surface area contributed by atoms with E-state index in [0.29, 0.717) is 25.8 Å². The number of amides is 2. The number of ether oxygens (including phenoxy) is 2. The van der Waals surface area contributed by atoms with Crippen LogP contribution in [-0.2, 0) is 23.9 Å². The standard InChI is InChI=1S/C32H42N2O6/c1-6-20(3)23(19-35)34-27-29(37)33(26-21(4)13-11-14-22(26)5)17-12-16-32(27)24(28(34)36)25-30(38)39-18-10-8-9-15-31(25,7-2)40-32/h9,11-16,20,23-25,27,35H,6-8,10,17-19H2,1-5H3/b15-9-/t20-,23-,24-,25+,27?,31-,32-/m0/s1. The van der Waals surface area contributed by atoms with Crippen molar-refractivity contribution in [3.8, 4) is 0 Å². The molecule has 1 aromatic carbocycles. The molecule has 0 bridgehead atoms. The number of cyclic esters (lactones) is 1. The summed E-state index contributed by atoms with van der Waals surface area (Å²) in [5.41, 5.74) is 0.235. The smallest absolute Gasteiger partial charge is 0.313 e. The highest BCUT2D eigenvalue weighted by Gasteiger charge is 2.76. The predicted octanol–water partition coefficient (Wildman–Crippen LogP) is 3.87. The van der Waals surface area contributed by atoms with Crippen LogP contribution in [0.2, 0.25) is 0 Å². The Morgan fingerprint density at radius 3 is 2.42 bits per heavy atom. The van der Waals surface area contributed by atoms with Gasteiger partial charge in [-0.2, -0.15) is 0 Å². The highest BCUT2D eigenvalue weighted by atomic mass is 16.6. The molecule has 1 unspecified atom stereocenters. The van der Waals surface area contributed by atoms with Gasteiger partial charge in [-0.3, -0.25) is 14.4 Å². The van der Waals surface area contributed by atoms with Gasteiger partial charge in [0.15, 0.2) is 0 Å². The SMILES string of the molecule is CC[C@H](C)[C@H](CO)N1C(=O)[C@@H]2[C@@H]3C(=O)OCCC/C=C\[C@]3(CC)O[C@@]23C=CCN(c2c(C)cccc2C)C(=O)C13. The molecule has 4 aliphatic heterocycles. The first kappa shape index (κ1) is 28.6. The lowest BCUT2D eigenvalue weighted by atomic mass is 9.73. The monoisotopic (exact) mass is 550 g/mol. The fourth-order valence-corrected chi connectivity index (χ4v) is 7.42. The number of aliphatic hydroxyl groups excluding tert-OH is 1. The Hall–Kier alpha value is -2.97. The minimum atomic E-state index is -1.39. The molecule has 4 aliphatic rings. The fourth-order valence-electron chi connectivity index (χ4n) is 7.42. The van der Waals surface area contributed by atoms with E-state index in [1.807, 2.05) is 77.1 Å². The Morgan fingerprint density at radius 1 is 1.05 bits per heavy atom. The quantitative estimate of drug-likeness (QED) is 0.427. The molecule has 2 amide bonds. The molecule has 2 fully saturated rings. The maximum absolute atomic E-state index is 14.8. The van der Waals surface area contributed by atoms with Gasteiger partial charge in [-0.05, 0) is 50.2 Å². The van der Waals surface area contributed by atoms with Crippen LogP contribution < -0.4 is 4.90 Å². The maximum Gasteiger partial charge on any atom is 0.313 e. The van der Waals surface area contributed by atoms with E-state index in [2.05, 4.69) is 0 Å². The number of carbonyl (C=O) groups is 3. The molecule has 0 aliphatic carbocycles. The summed E-state index contributed by atoms with van der Waals surface area (Å²) >= 11 is 0. The molecular weight excluding hydrogens is 508 g/mol. The highest BCUT2D eigenvalue weighted by Crippen LogP contribution is 2.59. The molecule has 0 radical (unpaired) electrons. The third-order valence-electron chi connectivity index (χ3n) is 9.63. The lowest BCUT2D eigenvalue weighted by Gasteiger charge is -2.42. The van der Waals surface area contributed by atoms with Gasteiger partial charge < -0.3 is 24.4 Å². The van der Waals surface area contributed by atoms with Crippen LogP contribution in [0.3, 0.4) is 0 Å². The first-order valence-electron chi connectivity index (χ1n) is 14.7. The van der Waals surface area contributed by atoms with Crippen LogP contribution in [0.1, 0.15) is 57.6 Å². The summed E-state index contributed by atoms with van der Waals surface area (Å²) in [4.78, 5) is 46.5. The van der Waals surface area contributed by atoms with Crippen LogP contribution in [-0.4, -0.2) is 70.8 Å². The summed E-state index contributed by atoms with van der Waals surface area (Å²) in [5.74, 6) is -3.02. The van der Waals surface area contributed by atoms with Gasteiger partial charge in [-0.1, -0.05) is 69.7 Å². The molecule has 40 heavy (non-hydrogen) atoms. The van der Waals surface area contributed by atoms with E-state index < -0.39 is 41.1 Å². The van der Waals surface area contributed by atoms with Crippen LogP contribution >= 0.6 is 0 Å². The number of para-hydroxylation sites is 1. The zero-order valence-corrected chi connectivity index (χ0v) is 24.3. The number of hydrogen-bond acceptors (Lipinski definition) is 6. The first-order valence-corrected chi connectivity index (χ1v) is 14.7. The van der Waals surface area contributed by atoms with Crippen molar-refractivity contribution in [3.63, 3.8) is 0 Å². The summed E-state index contributed by atoms with van der Waals surface area (Å²) < 4.78 is 12.7. The van der Waals surface area contributed by atoms with Crippen molar-refractivity contribution in [1.29, 1.82) is 0 Å². The van der Waals surface area contributed by atoms with Gasteiger partial charge in [0.2, 0.25) is 5.91 Å². The Bertz CT molecular complexity index is 1220. The minimum absolute atomic E-state index is 0.0816. The molecule has 1 spiro atoms. The zero-order valence-electron chi connectivity index (χ0n) is 24.3. The predicted molar refractivity (Wildman–Crippen MR) is 152 cm³/mol. The average molecular weight is 551 g/mol. The van der Waals surface area contributed by atoms with E-state index >= 15 is 0 Å². The van der Waals surface area contributed by atoms with Crippen LogP contribution in [0.15, 0.2) is 42.5 Å². The summed E-state index contributed by atoms with van der Waals surface area (Å²) in [6.45, 7) is 10.1. The van der Waals surface area contributed by atoms with Crippen molar-refractivity contribution in [2.24, 2.45) is 17.8 Å². The summed E-state index contributed by atoms with van der Waals surface area (Å²) in [7, 11) is 0. The number of benzene rings is 1. The van der Waals surface area contributed by atoms with E-state index in [1.54, 1.807) is 9.80 Å². The van der Waals surface area contributed by atoms with Crippen LogP contribution in [0.5, 0.6) is 0 Å². The molecule has 7 atom stereocenters. The van der Waals surface area contributed by atoms with Crippen molar-refractivity contribution in [3.05, 3.63) is 53.6 Å². The number of hydrogen-bond donors (Lipinski definition) is 1. The fraction of sp³-hybridized carbons (Fsp3) is 0.594. The zero-order chi connectivity index (χ0) is 28.8. The molecule has 0 aromatic heterocycles. The molecule has 0 saturated carbocycles. The first-order chi connectivity index (χ1) is 19.2. The molecular formula is C32H42N2O6. The second-order valence-electron chi connectivity index (χ2n) is 11.8. The number of carbonyl (C=O) groups excluding carboxylic acids is 3. The van der Waals surface area contributed by atoms with Gasteiger partial charge in [0.25, 0.3) is 5.91 Å². The van der Waals surface area contributed by atoms with E-state index in [4.69, 9.17) is 9.47 Å². The van der Waals surface area contributed by atoms with Crippen LogP contribution in [0.25, 0.3) is 0 Å². The van der Waals surface area contributed by atoms with Crippen molar-refractivity contribution in [2.75, 3.05) is 24.7 Å².